The lowest BCUT2D eigenvalue weighted by Gasteiger charge is -2.07. The zero-order valence-corrected chi connectivity index (χ0v) is 22.8. The zero-order valence-electron chi connectivity index (χ0n) is 20.3. The molecule has 0 fully saturated rings. The smallest absolute Gasteiger partial charge is 0.0681 e. The molecule has 0 amide bonds. The summed E-state index contributed by atoms with van der Waals surface area (Å²) in [6.07, 6.45) is 0. The lowest BCUT2D eigenvalue weighted by molar-refractivity contribution is 0.281. The third-order valence-corrected chi connectivity index (χ3v) is 9.07. The van der Waals surface area contributed by atoms with Crippen LogP contribution in [0.25, 0.3) is 0 Å². The van der Waals surface area contributed by atoms with Crippen molar-refractivity contribution in [3.8, 4) is 0 Å². The van der Waals surface area contributed by atoms with Crippen LogP contribution >= 0.6 is 35.3 Å². The number of benzene rings is 4. The first-order valence-corrected chi connectivity index (χ1v) is 15.3. The van der Waals surface area contributed by atoms with Crippen LogP contribution in [-0.2, 0) is 42.0 Å². The van der Waals surface area contributed by atoms with Gasteiger partial charge in [0.15, 0.2) is 0 Å². The fraction of sp³-hybridized carbons (Fsp3) is 0.226. The molecule has 4 aromatic carbocycles. The van der Waals surface area contributed by atoms with Gasteiger partial charge in [0.25, 0.3) is 0 Å². The molecule has 186 valence electrons. The van der Waals surface area contributed by atoms with Gasteiger partial charge in [-0.1, -0.05) is 84.9 Å². The Bertz CT molecular complexity index is 1170. The first-order valence-electron chi connectivity index (χ1n) is 12.0. The van der Waals surface area contributed by atoms with E-state index in [2.05, 4.69) is 72.8 Å². The van der Waals surface area contributed by atoms with Crippen LogP contribution in [0.15, 0.2) is 102 Å². The molecule has 0 bridgehead atoms. The second-order valence-corrected chi connectivity index (χ2v) is 11.7. The van der Waals surface area contributed by atoms with Gasteiger partial charge in [0.2, 0.25) is 0 Å². The van der Waals surface area contributed by atoms with Crippen molar-refractivity contribution in [3.05, 3.63) is 136 Å². The summed E-state index contributed by atoms with van der Waals surface area (Å²) in [6, 6.07) is 34.3. The van der Waals surface area contributed by atoms with Crippen LogP contribution in [0.4, 0.5) is 0 Å². The summed E-state index contributed by atoms with van der Waals surface area (Å²) in [4.78, 5) is 1.28. The minimum absolute atomic E-state index is 0.0981. The van der Waals surface area contributed by atoms with Gasteiger partial charge < -0.3 is 10.2 Å². The van der Waals surface area contributed by atoms with E-state index >= 15 is 0 Å². The molecule has 4 aromatic rings. The van der Waals surface area contributed by atoms with E-state index in [-0.39, 0.29) is 13.2 Å². The third kappa shape index (κ3) is 8.75. The lowest BCUT2D eigenvalue weighted by atomic mass is 10.2. The molecule has 5 heteroatoms. The lowest BCUT2D eigenvalue weighted by Crippen LogP contribution is -1.88. The van der Waals surface area contributed by atoms with Crippen molar-refractivity contribution in [3.63, 3.8) is 0 Å². The van der Waals surface area contributed by atoms with Crippen molar-refractivity contribution in [2.75, 3.05) is 0 Å². The van der Waals surface area contributed by atoms with Crippen molar-refractivity contribution in [1.29, 1.82) is 0 Å². The Balaban J connectivity index is 1.14. The van der Waals surface area contributed by atoms with Crippen LogP contribution in [-0.4, -0.2) is 10.2 Å². The van der Waals surface area contributed by atoms with Crippen LogP contribution in [0.1, 0.15) is 38.9 Å². The number of hydrogen-bond donors (Lipinski definition) is 2. The van der Waals surface area contributed by atoms with Gasteiger partial charge in [0.1, 0.15) is 0 Å². The van der Waals surface area contributed by atoms with E-state index < -0.39 is 0 Å². The zero-order chi connectivity index (χ0) is 25.0. The molecule has 0 aromatic heterocycles. The second kappa shape index (κ2) is 14.6. The van der Waals surface area contributed by atoms with E-state index in [0.717, 1.165) is 39.9 Å². The molecule has 0 heterocycles. The fourth-order valence-electron chi connectivity index (χ4n) is 3.64. The molecule has 0 aliphatic rings. The number of thioether (sulfide) groups is 3. The molecule has 0 aliphatic heterocycles. The van der Waals surface area contributed by atoms with Gasteiger partial charge in [0.05, 0.1) is 13.2 Å². The van der Waals surface area contributed by atoms with Crippen molar-refractivity contribution in [1.82, 2.24) is 0 Å². The van der Waals surface area contributed by atoms with Gasteiger partial charge in [-0.2, -0.15) is 23.5 Å². The highest BCUT2D eigenvalue weighted by molar-refractivity contribution is 7.98. The van der Waals surface area contributed by atoms with Crippen LogP contribution in [0.5, 0.6) is 0 Å². The minimum Gasteiger partial charge on any atom is -0.392 e. The Morgan fingerprint density at radius 1 is 0.361 bits per heavy atom. The molecular formula is C31H32O2S3. The molecule has 0 atom stereocenters. The first kappa shape index (κ1) is 26.9. The maximum atomic E-state index is 9.16. The van der Waals surface area contributed by atoms with E-state index in [9.17, 15) is 0 Å². The largest absolute Gasteiger partial charge is 0.392 e. The van der Waals surface area contributed by atoms with Gasteiger partial charge >= 0.3 is 0 Å². The number of rotatable bonds is 13. The molecule has 0 spiro atoms. The second-order valence-electron chi connectivity index (χ2n) is 8.68. The van der Waals surface area contributed by atoms with Gasteiger partial charge in [-0.3, -0.25) is 0 Å². The summed E-state index contributed by atoms with van der Waals surface area (Å²) in [5, 5.41) is 18.3. The topological polar surface area (TPSA) is 40.5 Å². The predicted octanol–water partition coefficient (Wildman–Crippen LogP) is 7.83. The summed E-state index contributed by atoms with van der Waals surface area (Å²) in [5.41, 5.74) is 8.58. The normalized spacial score (nSPS) is 11.1. The maximum Gasteiger partial charge on any atom is 0.0681 e. The molecular weight excluding hydrogens is 501 g/mol. The third-order valence-electron chi connectivity index (χ3n) is 5.84. The standard InChI is InChI=1S/C31H32O2S3/c32-17-24-1-5-26(6-2-24)19-34-20-27-9-11-28(12-10-27)21-35-22-29-13-15-31(16-14-29)36-23-30-7-3-25(18-33)4-8-30/h1-16,32-33H,17-23H2. The highest BCUT2D eigenvalue weighted by Gasteiger charge is 2.01. The Labute approximate surface area is 227 Å². The fourth-order valence-corrected chi connectivity index (χ4v) is 6.41. The number of aliphatic hydroxyl groups is 2. The van der Waals surface area contributed by atoms with Crippen LogP contribution in [0.3, 0.4) is 0 Å². The van der Waals surface area contributed by atoms with Crippen molar-refractivity contribution in [2.45, 2.75) is 46.9 Å². The van der Waals surface area contributed by atoms with E-state index in [0.29, 0.717) is 0 Å². The van der Waals surface area contributed by atoms with E-state index in [1.807, 2.05) is 59.6 Å². The number of aliphatic hydroxyl groups excluding tert-OH is 2. The molecule has 0 saturated heterocycles. The van der Waals surface area contributed by atoms with Crippen molar-refractivity contribution < 1.29 is 10.2 Å². The summed E-state index contributed by atoms with van der Waals surface area (Å²) >= 11 is 5.72. The molecule has 0 unspecified atom stereocenters. The Kier molecular flexibility index (Phi) is 10.9. The molecule has 0 saturated carbocycles. The number of hydrogen-bond acceptors (Lipinski definition) is 5. The molecule has 4 rings (SSSR count). The Morgan fingerprint density at radius 3 is 0.972 bits per heavy atom. The summed E-state index contributed by atoms with van der Waals surface area (Å²) < 4.78 is 0. The van der Waals surface area contributed by atoms with E-state index in [1.165, 1.54) is 32.7 Å². The van der Waals surface area contributed by atoms with Crippen LogP contribution in [0.2, 0.25) is 0 Å². The summed E-state index contributed by atoms with van der Waals surface area (Å²) in [5.74, 6) is 4.96. The van der Waals surface area contributed by atoms with Gasteiger partial charge in [-0.05, 0) is 51.1 Å². The monoisotopic (exact) mass is 532 g/mol. The van der Waals surface area contributed by atoms with E-state index in [1.54, 1.807) is 0 Å². The maximum absolute atomic E-state index is 9.16. The summed E-state index contributed by atoms with van der Waals surface area (Å²) in [7, 11) is 0. The van der Waals surface area contributed by atoms with E-state index in [4.69, 9.17) is 10.2 Å². The molecule has 36 heavy (non-hydrogen) atoms. The molecule has 2 N–H and O–H groups in total. The molecule has 0 aliphatic carbocycles. The van der Waals surface area contributed by atoms with Crippen molar-refractivity contribution >= 4 is 35.3 Å². The molecule has 2 nitrogen and oxygen atoms in total. The molecule has 0 radical (unpaired) electrons. The Hall–Kier alpha value is -2.15. The van der Waals surface area contributed by atoms with Gasteiger partial charge in [0, 0.05) is 33.7 Å². The Morgan fingerprint density at radius 2 is 0.639 bits per heavy atom. The average Bonchev–Trinajstić information content (AvgIpc) is 2.94. The summed E-state index contributed by atoms with van der Waals surface area (Å²) in [6.45, 7) is 0.202. The van der Waals surface area contributed by atoms with Gasteiger partial charge in [-0.15, -0.1) is 11.8 Å². The minimum atomic E-state index is 0.0981. The van der Waals surface area contributed by atoms with Crippen molar-refractivity contribution in [2.24, 2.45) is 0 Å². The average molecular weight is 533 g/mol. The predicted molar refractivity (Wildman–Crippen MR) is 157 cm³/mol. The highest BCUT2D eigenvalue weighted by atomic mass is 32.2. The van der Waals surface area contributed by atoms with Crippen LogP contribution in [0, 0.1) is 0 Å². The van der Waals surface area contributed by atoms with Gasteiger partial charge in [-0.25, -0.2) is 0 Å². The first-order chi connectivity index (χ1) is 17.7. The van der Waals surface area contributed by atoms with Crippen LogP contribution < -0.4 is 0 Å². The quantitative estimate of drug-likeness (QED) is 0.172. The SMILES string of the molecule is OCc1ccc(CSCc2ccc(CSCc3ccc(SCc4ccc(CO)cc4)cc3)cc2)cc1. The highest BCUT2D eigenvalue weighted by Crippen LogP contribution is 2.26.